The minimum Gasteiger partial charge on any atom is -0.491 e. The van der Waals surface area contributed by atoms with Crippen molar-refractivity contribution < 1.29 is 9.47 Å². The zero-order valence-electron chi connectivity index (χ0n) is 10.4. The monoisotopic (exact) mass is 244 g/mol. The number of anilines is 3. The summed E-state index contributed by atoms with van der Waals surface area (Å²) in [5, 5.41) is 3.26. The van der Waals surface area contributed by atoms with Crippen molar-refractivity contribution in [1.82, 2.24) is 0 Å². The van der Waals surface area contributed by atoms with E-state index in [0.717, 1.165) is 11.4 Å². The van der Waals surface area contributed by atoms with Gasteiger partial charge in [0.25, 0.3) is 0 Å². The average molecular weight is 244 g/mol. The minimum absolute atomic E-state index is 0.540. The largest absolute Gasteiger partial charge is 0.491 e. The highest BCUT2D eigenvalue weighted by molar-refractivity contribution is 5.76. The fourth-order valence-electron chi connectivity index (χ4n) is 1.77. The van der Waals surface area contributed by atoms with Crippen molar-refractivity contribution in [2.75, 3.05) is 25.3 Å². The summed E-state index contributed by atoms with van der Waals surface area (Å²) in [7, 11) is 3.16. The van der Waals surface area contributed by atoms with Gasteiger partial charge in [0, 0.05) is 5.69 Å². The molecule has 0 aliphatic carbocycles. The lowest BCUT2D eigenvalue weighted by Crippen LogP contribution is -2.00. The Balaban J connectivity index is 2.39. The molecular weight excluding hydrogens is 228 g/mol. The fourth-order valence-corrected chi connectivity index (χ4v) is 1.77. The molecule has 2 rings (SSSR count). The van der Waals surface area contributed by atoms with Crippen LogP contribution >= 0.6 is 0 Å². The Morgan fingerprint density at radius 3 is 2.17 bits per heavy atom. The second-order valence-corrected chi connectivity index (χ2v) is 3.76. The van der Waals surface area contributed by atoms with E-state index in [1.54, 1.807) is 20.3 Å². The predicted molar refractivity (Wildman–Crippen MR) is 73.7 cm³/mol. The molecule has 4 heteroatoms. The number of ether oxygens (including phenoxy) is 2. The van der Waals surface area contributed by atoms with Crippen LogP contribution in [0.2, 0.25) is 0 Å². The average Bonchev–Trinajstić information content (AvgIpc) is 2.41. The van der Waals surface area contributed by atoms with Crippen molar-refractivity contribution in [2.24, 2.45) is 0 Å². The Kier molecular flexibility index (Phi) is 3.57. The highest BCUT2D eigenvalue weighted by Gasteiger charge is 2.13. The molecule has 0 spiro atoms. The van der Waals surface area contributed by atoms with Gasteiger partial charge in [-0.15, -0.1) is 0 Å². The molecule has 18 heavy (non-hydrogen) atoms. The number of nitrogens with two attached hydrogens (primary N) is 1. The van der Waals surface area contributed by atoms with E-state index in [9.17, 15) is 0 Å². The lowest BCUT2D eigenvalue weighted by Gasteiger charge is -2.15. The SMILES string of the molecule is COc1c(N)ccc(Nc2ccccc2)c1OC. The van der Waals surface area contributed by atoms with E-state index in [1.807, 2.05) is 36.4 Å². The van der Waals surface area contributed by atoms with Gasteiger partial charge in [0.05, 0.1) is 25.6 Å². The summed E-state index contributed by atoms with van der Waals surface area (Å²) in [6.45, 7) is 0. The normalized spacial score (nSPS) is 9.89. The molecule has 0 bridgehead atoms. The standard InChI is InChI=1S/C14H16N2O2/c1-17-13-11(15)8-9-12(14(13)18-2)16-10-6-4-3-5-7-10/h3-9,16H,15H2,1-2H3. The molecule has 0 fully saturated rings. The quantitative estimate of drug-likeness (QED) is 0.812. The molecule has 2 aromatic rings. The zero-order valence-corrected chi connectivity index (χ0v) is 10.4. The third-order valence-corrected chi connectivity index (χ3v) is 2.60. The van der Waals surface area contributed by atoms with Gasteiger partial charge in [-0.25, -0.2) is 0 Å². The first-order valence-electron chi connectivity index (χ1n) is 5.58. The summed E-state index contributed by atoms with van der Waals surface area (Å²) in [5.41, 5.74) is 8.18. The number of methoxy groups -OCH3 is 2. The van der Waals surface area contributed by atoms with E-state index in [0.29, 0.717) is 17.2 Å². The molecule has 4 nitrogen and oxygen atoms in total. The maximum Gasteiger partial charge on any atom is 0.186 e. The van der Waals surface area contributed by atoms with E-state index >= 15 is 0 Å². The van der Waals surface area contributed by atoms with Gasteiger partial charge < -0.3 is 20.5 Å². The van der Waals surface area contributed by atoms with Gasteiger partial charge in [0.15, 0.2) is 11.5 Å². The summed E-state index contributed by atoms with van der Waals surface area (Å²) in [4.78, 5) is 0. The van der Waals surface area contributed by atoms with Crippen molar-refractivity contribution in [3.8, 4) is 11.5 Å². The molecule has 94 valence electrons. The number of benzene rings is 2. The van der Waals surface area contributed by atoms with Gasteiger partial charge in [0.2, 0.25) is 0 Å². The van der Waals surface area contributed by atoms with Gasteiger partial charge in [0.1, 0.15) is 0 Å². The van der Waals surface area contributed by atoms with Crippen LogP contribution in [-0.2, 0) is 0 Å². The second kappa shape index (κ2) is 5.31. The van der Waals surface area contributed by atoms with Crippen LogP contribution in [0.1, 0.15) is 0 Å². The van der Waals surface area contributed by atoms with E-state index < -0.39 is 0 Å². The maximum absolute atomic E-state index is 5.84. The summed E-state index contributed by atoms with van der Waals surface area (Å²) in [6, 6.07) is 13.5. The van der Waals surface area contributed by atoms with Crippen LogP contribution in [0.3, 0.4) is 0 Å². The molecule has 3 N–H and O–H groups in total. The van der Waals surface area contributed by atoms with Gasteiger partial charge >= 0.3 is 0 Å². The highest BCUT2D eigenvalue weighted by atomic mass is 16.5. The van der Waals surface area contributed by atoms with Crippen LogP contribution in [0.5, 0.6) is 11.5 Å². The molecule has 2 aromatic carbocycles. The molecule has 0 unspecified atom stereocenters. The van der Waals surface area contributed by atoms with Crippen LogP contribution in [-0.4, -0.2) is 14.2 Å². The Morgan fingerprint density at radius 2 is 1.56 bits per heavy atom. The molecule has 0 aliphatic heterocycles. The Labute approximate surface area is 106 Å². The third kappa shape index (κ3) is 2.32. The van der Waals surface area contributed by atoms with Crippen LogP contribution in [0, 0.1) is 0 Å². The number of hydrogen-bond acceptors (Lipinski definition) is 4. The molecule has 0 aromatic heterocycles. The van der Waals surface area contributed by atoms with Crippen molar-refractivity contribution >= 4 is 17.1 Å². The van der Waals surface area contributed by atoms with Gasteiger partial charge in [-0.3, -0.25) is 0 Å². The van der Waals surface area contributed by atoms with Crippen LogP contribution < -0.4 is 20.5 Å². The molecule has 0 atom stereocenters. The van der Waals surface area contributed by atoms with Gasteiger partial charge in [-0.2, -0.15) is 0 Å². The molecule has 0 saturated carbocycles. The first-order valence-corrected chi connectivity index (χ1v) is 5.58. The Bertz CT molecular complexity index is 527. The van der Waals surface area contributed by atoms with E-state index in [2.05, 4.69) is 5.32 Å². The number of hydrogen-bond donors (Lipinski definition) is 2. The lowest BCUT2D eigenvalue weighted by atomic mass is 10.2. The van der Waals surface area contributed by atoms with Gasteiger partial charge in [-0.1, -0.05) is 18.2 Å². The molecular formula is C14H16N2O2. The van der Waals surface area contributed by atoms with E-state index in [-0.39, 0.29) is 0 Å². The third-order valence-electron chi connectivity index (χ3n) is 2.60. The van der Waals surface area contributed by atoms with Crippen LogP contribution in [0.4, 0.5) is 17.1 Å². The van der Waals surface area contributed by atoms with E-state index in [1.165, 1.54) is 0 Å². The minimum atomic E-state index is 0.540. The van der Waals surface area contributed by atoms with Crippen LogP contribution in [0.15, 0.2) is 42.5 Å². The van der Waals surface area contributed by atoms with E-state index in [4.69, 9.17) is 15.2 Å². The summed E-state index contributed by atoms with van der Waals surface area (Å²) < 4.78 is 10.6. The Hall–Kier alpha value is -2.36. The molecule has 0 radical (unpaired) electrons. The zero-order chi connectivity index (χ0) is 13.0. The lowest BCUT2D eigenvalue weighted by molar-refractivity contribution is 0.358. The van der Waals surface area contributed by atoms with Gasteiger partial charge in [-0.05, 0) is 24.3 Å². The molecule has 0 amide bonds. The van der Waals surface area contributed by atoms with Crippen LogP contribution in [0.25, 0.3) is 0 Å². The second-order valence-electron chi connectivity index (χ2n) is 3.76. The van der Waals surface area contributed by atoms with Crippen molar-refractivity contribution in [3.05, 3.63) is 42.5 Å². The molecule has 0 saturated heterocycles. The molecule has 0 heterocycles. The number of nitrogen functional groups attached to an aromatic ring is 1. The number of para-hydroxylation sites is 1. The summed E-state index contributed by atoms with van der Waals surface area (Å²) >= 11 is 0. The number of rotatable bonds is 4. The Morgan fingerprint density at radius 1 is 0.889 bits per heavy atom. The molecule has 0 aliphatic rings. The maximum atomic E-state index is 5.84. The first kappa shape index (κ1) is 12.1. The predicted octanol–water partition coefficient (Wildman–Crippen LogP) is 3.03. The fraction of sp³-hybridized carbons (Fsp3) is 0.143. The smallest absolute Gasteiger partial charge is 0.186 e. The first-order chi connectivity index (χ1) is 8.76. The van der Waals surface area contributed by atoms with Crippen molar-refractivity contribution in [1.29, 1.82) is 0 Å². The topological polar surface area (TPSA) is 56.5 Å². The highest BCUT2D eigenvalue weighted by Crippen LogP contribution is 2.40. The van der Waals surface area contributed by atoms with Crippen molar-refractivity contribution in [3.63, 3.8) is 0 Å². The van der Waals surface area contributed by atoms with Crippen molar-refractivity contribution in [2.45, 2.75) is 0 Å². The number of nitrogens with one attached hydrogen (secondary N) is 1. The summed E-state index contributed by atoms with van der Waals surface area (Å²) in [6.07, 6.45) is 0. The summed E-state index contributed by atoms with van der Waals surface area (Å²) in [5.74, 6) is 1.14.